The minimum absolute atomic E-state index is 0.00910. The molecule has 0 aromatic heterocycles. The third-order valence-electron chi connectivity index (χ3n) is 3.08. The molecule has 132 valence electrons. The lowest BCUT2D eigenvalue weighted by Gasteiger charge is -2.20. The molecule has 1 rings (SSSR count). The Morgan fingerprint density at radius 1 is 0.739 bits per heavy atom. The number of aliphatic hydroxyl groups excluding tert-OH is 1. The Morgan fingerprint density at radius 2 is 1.22 bits per heavy atom. The topological polar surface area (TPSA) is 57.2 Å². The Morgan fingerprint density at radius 3 is 1.74 bits per heavy atom. The van der Waals surface area contributed by atoms with Crippen LogP contribution in [-0.2, 0) is 14.2 Å². The van der Waals surface area contributed by atoms with Crippen molar-refractivity contribution in [3.63, 3.8) is 0 Å². The summed E-state index contributed by atoms with van der Waals surface area (Å²) in [6, 6.07) is 9.69. The van der Waals surface area contributed by atoms with Crippen LogP contribution in [-0.4, -0.2) is 55.9 Å². The maximum atomic E-state index is 9.16. The van der Waals surface area contributed by atoms with E-state index in [-0.39, 0.29) is 18.3 Å². The van der Waals surface area contributed by atoms with E-state index >= 15 is 0 Å². The zero-order valence-corrected chi connectivity index (χ0v) is 14.6. The molecule has 5 heteroatoms. The Balaban J connectivity index is 2.09. The van der Waals surface area contributed by atoms with E-state index in [0.717, 1.165) is 5.75 Å². The second-order valence-electron chi connectivity index (χ2n) is 5.90. The van der Waals surface area contributed by atoms with Crippen LogP contribution in [0.4, 0.5) is 0 Å². The summed E-state index contributed by atoms with van der Waals surface area (Å²) in [5, 5.41) is 9.16. The van der Waals surface area contributed by atoms with E-state index in [1.165, 1.54) is 0 Å². The van der Waals surface area contributed by atoms with Gasteiger partial charge in [0.1, 0.15) is 12.4 Å². The normalized spacial score (nSPS) is 16.6. The van der Waals surface area contributed by atoms with Crippen molar-refractivity contribution in [3.05, 3.63) is 30.3 Å². The molecule has 23 heavy (non-hydrogen) atoms. The fourth-order valence-electron chi connectivity index (χ4n) is 1.78. The summed E-state index contributed by atoms with van der Waals surface area (Å²) in [6.07, 6.45) is -0.536. The quantitative estimate of drug-likeness (QED) is 0.640. The van der Waals surface area contributed by atoms with Crippen LogP contribution < -0.4 is 4.74 Å². The summed E-state index contributed by atoms with van der Waals surface area (Å²) in [4.78, 5) is 0. The SMILES string of the molecule is CC(O)COC(C)COC(C)COC(C)COc1ccccc1. The fraction of sp³-hybridized carbons (Fsp3) is 0.667. The molecule has 0 bridgehead atoms. The van der Waals surface area contributed by atoms with Crippen molar-refractivity contribution < 1.29 is 24.1 Å². The van der Waals surface area contributed by atoms with E-state index in [1.807, 2.05) is 51.1 Å². The second-order valence-corrected chi connectivity index (χ2v) is 5.90. The summed E-state index contributed by atoms with van der Waals surface area (Å²) in [6.45, 7) is 9.37. The minimum atomic E-state index is -0.455. The molecular formula is C18H30O5. The van der Waals surface area contributed by atoms with Crippen LogP contribution in [0.15, 0.2) is 30.3 Å². The van der Waals surface area contributed by atoms with Gasteiger partial charge < -0.3 is 24.1 Å². The molecule has 1 aromatic carbocycles. The molecule has 4 unspecified atom stereocenters. The molecule has 0 heterocycles. The van der Waals surface area contributed by atoms with Gasteiger partial charge in [0.25, 0.3) is 0 Å². The van der Waals surface area contributed by atoms with Crippen LogP contribution >= 0.6 is 0 Å². The van der Waals surface area contributed by atoms with Gasteiger partial charge in [0.05, 0.1) is 44.2 Å². The van der Waals surface area contributed by atoms with E-state index in [1.54, 1.807) is 6.92 Å². The van der Waals surface area contributed by atoms with E-state index in [0.29, 0.717) is 26.4 Å². The number of benzene rings is 1. The van der Waals surface area contributed by atoms with Gasteiger partial charge >= 0.3 is 0 Å². The van der Waals surface area contributed by atoms with E-state index in [2.05, 4.69) is 0 Å². The van der Waals surface area contributed by atoms with Crippen molar-refractivity contribution in [1.29, 1.82) is 0 Å². The molecule has 0 aliphatic carbocycles. The predicted molar refractivity (Wildman–Crippen MR) is 89.9 cm³/mol. The molecule has 1 N–H and O–H groups in total. The van der Waals surface area contributed by atoms with Crippen molar-refractivity contribution in [2.45, 2.75) is 52.1 Å². The van der Waals surface area contributed by atoms with E-state index in [4.69, 9.17) is 24.1 Å². The Kier molecular flexibility index (Phi) is 9.87. The fourth-order valence-corrected chi connectivity index (χ4v) is 1.78. The molecule has 0 saturated heterocycles. The summed E-state index contributed by atoms with van der Waals surface area (Å²) in [5.74, 6) is 0.844. The number of hydrogen-bond donors (Lipinski definition) is 1. The average Bonchev–Trinajstić information content (AvgIpc) is 2.55. The van der Waals surface area contributed by atoms with Gasteiger partial charge in [-0.1, -0.05) is 18.2 Å². The first kappa shape index (κ1) is 19.9. The van der Waals surface area contributed by atoms with Gasteiger partial charge in [-0.3, -0.25) is 0 Å². The highest BCUT2D eigenvalue weighted by molar-refractivity contribution is 5.20. The molecule has 0 fully saturated rings. The number of para-hydroxylation sites is 1. The van der Waals surface area contributed by atoms with Crippen LogP contribution in [0, 0.1) is 0 Å². The van der Waals surface area contributed by atoms with Crippen molar-refractivity contribution >= 4 is 0 Å². The summed E-state index contributed by atoms with van der Waals surface area (Å²) < 4.78 is 22.5. The van der Waals surface area contributed by atoms with E-state index < -0.39 is 6.10 Å². The standard InChI is InChI=1S/C18H30O5/c1-14(19)10-20-15(2)11-21-16(3)12-22-17(4)13-23-18-8-6-5-7-9-18/h5-9,14-17,19H,10-13H2,1-4H3. The van der Waals surface area contributed by atoms with Gasteiger partial charge in [-0.25, -0.2) is 0 Å². The second kappa shape index (κ2) is 11.4. The highest BCUT2D eigenvalue weighted by Gasteiger charge is 2.11. The molecule has 0 radical (unpaired) electrons. The Hall–Kier alpha value is -1.14. The zero-order chi connectivity index (χ0) is 17.1. The molecule has 1 aromatic rings. The van der Waals surface area contributed by atoms with Gasteiger partial charge in [-0.2, -0.15) is 0 Å². The van der Waals surface area contributed by atoms with Crippen LogP contribution in [0.3, 0.4) is 0 Å². The monoisotopic (exact) mass is 326 g/mol. The number of rotatable bonds is 12. The Labute approximate surface area is 139 Å². The number of ether oxygens (including phenoxy) is 4. The lowest BCUT2D eigenvalue weighted by Crippen LogP contribution is -2.28. The molecule has 0 spiro atoms. The maximum Gasteiger partial charge on any atom is 0.119 e. The largest absolute Gasteiger partial charge is 0.491 e. The molecule has 5 nitrogen and oxygen atoms in total. The van der Waals surface area contributed by atoms with Crippen molar-refractivity contribution in [2.24, 2.45) is 0 Å². The zero-order valence-electron chi connectivity index (χ0n) is 14.6. The average molecular weight is 326 g/mol. The highest BCUT2D eigenvalue weighted by atomic mass is 16.6. The van der Waals surface area contributed by atoms with E-state index in [9.17, 15) is 0 Å². The lowest BCUT2D eigenvalue weighted by atomic mass is 10.3. The van der Waals surface area contributed by atoms with Crippen LogP contribution in [0.5, 0.6) is 5.75 Å². The maximum absolute atomic E-state index is 9.16. The smallest absolute Gasteiger partial charge is 0.119 e. The minimum Gasteiger partial charge on any atom is -0.491 e. The first-order valence-electron chi connectivity index (χ1n) is 8.18. The molecule has 4 atom stereocenters. The van der Waals surface area contributed by atoms with Gasteiger partial charge in [0.2, 0.25) is 0 Å². The molecule has 0 aliphatic rings. The van der Waals surface area contributed by atoms with Gasteiger partial charge in [-0.15, -0.1) is 0 Å². The van der Waals surface area contributed by atoms with Crippen LogP contribution in [0.1, 0.15) is 27.7 Å². The summed E-state index contributed by atoms with van der Waals surface area (Å²) in [5.41, 5.74) is 0. The molecular weight excluding hydrogens is 296 g/mol. The lowest BCUT2D eigenvalue weighted by molar-refractivity contribution is -0.0814. The predicted octanol–water partition coefficient (Wildman–Crippen LogP) is 2.66. The molecule has 0 amide bonds. The van der Waals surface area contributed by atoms with Gasteiger partial charge in [-0.05, 0) is 39.8 Å². The van der Waals surface area contributed by atoms with Crippen molar-refractivity contribution in [1.82, 2.24) is 0 Å². The van der Waals surface area contributed by atoms with Crippen molar-refractivity contribution in [2.75, 3.05) is 26.4 Å². The highest BCUT2D eigenvalue weighted by Crippen LogP contribution is 2.09. The summed E-state index contributed by atoms with van der Waals surface area (Å²) >= 11 is 0. The van der Waals surface area contributed by atoms with Crippen LogP contribution in [0.2, 0.25) is 0 Å². The number of aliphatic hydroxyl groups is 1. The van der Waals surface area contributed by atoms with Crippen molar-refractivity contribution in [3.8, 4) is 5.75 Å². The third kappa shape index (κ3) is 10.3. The number of hydrogen-bond acceptors (Lipinski definition) is 5. The van der Waals surface area contributed by atoms with Gasteiger partial charge in [0.15, 0.2) is 0 Å². The summed E-state index contributed by atoms with van der Waals surface area (Å²) in [7, 11) is 0. The first-order valence-corrected chi connectivity index (χ1v) is 8.18. The first-order chi connectivity index (χ1) is 11.0. The molecule has 0 saturated carbocycles. The van der Waals surface area contributed by atoms with Gasteiger partial charge in [0, 0.05) is 0 Å². The molecule has 0 aliphatic heterocycles. The Bertz CT molecular complexity index is 396. The third-order valence-corrected chi connectivity index (χ3v) is 3.08. The van der Waals surface area contributed by atoms with Crippen LogP contribution in [0.25, 0.3) is 0 Å².